The van der Waals surface area contributed by atoms with E-state index in [0.29, 0.717) is 5.02 Å². The molecule has 8 heteroatoms. The first-order valence-corrected chi connectivity index (χ1v) is 8.26. The third kappa shape index (κ3) is 3.74. The predicted octanol–water partition coefficient (Wildman–Crippen LogP) is 4.46. The van der Waals surface area contributed by atoms with Gasteiger partial charge in [0.15, 0.2) is 0 Å². The van der Waals surface area contributed by atoms with Gasteiger partial charge in [0, 0.05) is 10.0 Å². The van der Waals surface area contributed by atoms with E-state index < -0.39 is 10.0 Å². The maximum atomic E-state index is 12.4. The summed E-state index contributed by atoms with van der Waals surface area (Å²) in [6.07, 6.45) is 0. The van der Waals surface area contributed by atoms with Crippen LogP contribution in [0.1, 0.15) is 0 Å². The quantitative estimate of drug-likeness (QED) is 0.869. The van der Waals surface area contributed by atoms with Crippen LogP contribution in [0.4, 0.5) is 5.69 Å². The summed E-state index contributed by atoms with van der Waals surface area (Å²) in [7, 11) is -2.55. The van der Waals surface area contributed by atoms with Crippen molar-refractivity contribution in [1.29, 1.82) is 0 Å². The second-order valence-electron chi connectivity index (χ2n) is 4.02. The van der Waals surface area contributed by atoms with E-state index in [2.05, 4.69) is 4.72 Å². The number of hydrogen-bond donors (Lipinski definition) is 1. The highest BCUT2D eigenvalue weighted by Crippen LogP contribution is 2.31. The molecule has 0 amide bonds. The average Bonchev–Trinajstić information content (AvgIpc) is 2.42. The van der Waals surface area contributed by atoms with Gasteiger partial charge in [-0.2, -0.15) is 0 Å². The van der Waals surface area contributed by atoms with Crippen molar-refractivity contribution in [2.75, 3.05) is 11.8 Å². The summed E-state index contributed by atoms with van der Waals surface area (Å²) in [5, 5.41) is 0.854. The van der Waals surface area contributed by atoms with Crippen molar-refractivity contribution < 1.29 is 13.2 Å². The maximum absolute atomic E-state index is 12.4. The van der Waals surface area contributed by atoms with Crippen LogP contribution in [-0.4, -0.2) is 15.5 Å². The molecule has 0 heterocycles. The number of anilines is 1. The molecule has 21 heavy (non-hydrogen) atoms. The molecular weight excluding hydrogens is 357 g/mol. The van der Waals surface area contributed by atoms with Gasteiger partial charge >= 0.3 is 0 Å². The lowest BCUT2D eigenvalue weighted by Crippen LogP contribution is -2.14. The third-order valence-electron chi connectivity index (χ3n) is 2.59. The molecular formula is C13H10Cl3NO3S. The normalized spacial score (nSPS) is 11.2. The standard InChI is InChI=1S/C13H10Cl3NO3S/c1-20-12-5-3-9(15)7-13(12)21(18,19)17-11-6-8(14)2-4-10(11)16/h2-7,17H,1H3. The molecule has 2 rings (SSSR count). The molecule has 0 aliphatic heterocycles. The Bertz CT molecular complexity index is 778. The fourth-order valence-corrected chi connectivity index (χ4v) is 3.53. The zero-order valence-electron chi connectivity index (χ0n) is 10.7. The highest BCUT2D eigenvalue weighted by Gasteiger charge is 2.21. The number of nitrogens with one attached hydrogen (secondary N) is 1. The largest absolute Gasteiger partial charge is 0.495 e. The summed E-state index contributed by atoms with van der Waals surface area (Å²) >= 11 is 17.6. The van der Waals surface area contributed by atoms with E-state index in [4.69, 9.17) is 39.5 Å². The van der Waals surface area contributed by atoms with Gasteiger partial charge in [0.1, 0.15) is 10.6 Å². The van der Waals surface area contributed by atoms with E-state index >= 15 is 0 Å². The molecule has 1 N–H and O–H groups in total. The number of benzene rings is 2. The lowest BCUT2D eigenvalue weighted by molar-refractivity contribution is 0.403. The zero-order valence-corrected chi connectivity index (χ0v) is 13.8. The van der Waals surface area contributed by atoms with Gasteiger partial charge in [-0.3, -0.25) is 4.72 Å². The molecule has 0 radical (unpaired) electrons. The zero-order chi connectivity index (χ0) is 15.6. The highest BCUT2D eigenvalue weighted by molar-refractivity contribution is 7.92. The fraction of sp³-hybridized carbons (Fsp3) is 0.0769. The first kappa shape index (κ1) is 16.2. The Morgan fingerprint density at radius 3 is 2.29 bits per heavy atom. The van der Waals surface area contributed by atoms with Crippen LogP contribution in [0.2, 0.25) is 15.1 Å². The molecule has 2 aromatic carbocycles. The smallest absolute Gasteiger partial charge is 0.265 e. The van der Waals surface area contributed by atoms with Gasteiger partial charge in [0.05, 0.1) is 17.8 Å². The maximum Gasteiger partial charge on any atom is 0.265 e. The molecule has 0 spiro atoms. The lowest BCUT2D eigenvalue weighted by atomic mass is 10.3. The van der Waals surface area contributed by atoms with Crippen LogP contribution in [0.25, 0.3) is 0 Å². The second kappa shape index (κ2) is 6.32. The number of hydrogen-bond acceptors (Lipinski definition) is 3. The van der Waals surface area contributed by atoms with Crippen LogP contribution in [-0.2, 0) is 10.0 Å². The predicted molar refractivity (Wildman–Crippen MR) is 85.3 cm³/mol. The van der Waals surface area contributed by atoms with Crippen LogP contribution < -0.4 is 9.46 Å². The fourth-order valence-electron chi connectivity index (χ4n) is 1.64. The number of methoxy groups -OCH3 is 1. The van der Waals surface area contributed by atoms with Crippen molar-refractivity contribution in [1.82, 2.24) is 0 Å². The van der Waals surface area contributed by atoms with E-state index in [0.717, 1.165) is 0 Å². The van der Waals surface area contributed by atoms with Crippen molar-refractivity contribution >= 4 is 50.5 Å². The first-order chi connectivity index (χ1) is 9.83. The van der Waals surface area contributed by atoms with Gasteiger partial charge in [-0.15, -0.1) is 0 Å². The molecule has 4 nitrogen and oxygen atoms in total. The Hall–Kier alpha value is -1.14. The van der Waals surface area contributed by atoms with Crippen LogP contribution in [0, 0.1) is 0 Å². The van der Waals surface area contributed by atoms with Gasteiger partial charge in [-0.25, -0.2) is 8.42 Å². The number of ether oxygens (including phenoxy) is 1. The van der Waals surface area contributed by atoms with E-state index in [1.807, 2.05) is 0 Å². The monoisotopic (exact) mass is 365 g/mol. The minimum absolute atomic E-state index is 0.0893. The molecule has 0 saturated heterocycles. The van der Waals surface area contributed by atoms with Crippen LogP contribution in [0.5, 0.6) is 5.75 Å². The molecule has 112 valence electrons. The minimum Gasteiger partial charge on any atom is -0.495 e. The van der Waals surface area contributed by atoms with Crippen LogP contribution in [0.3, 0.4) is 0 Å². The van der Waals surface area contributed by atoms with E-state index in [1.165, 1.54) is 37.4 Å². The Labute approximate surface area is 137 Å². The summed E-state index contributed by atoms with van der Waals surface area (Å²) in [6.45, 7) is 0. The summed E-state index contributed by atoms with van der Waals surface area (Å²) in [5.74, 6) is 0.171. The summed E-state index contributed by atoms with van der Waals surface area (Å²) in [6, 6.07) is 8.76. The topological polar surface area (TPSA) is 55.4 Å². The highest BCUT2D eigenvalue weighted by atomic mass is 35.5. The molecule has 0 fully saturated rings. The van der Waals surface area contributed by atoms with Crippen molar-refractivity contribution in [3.8, 4) is 5.75 Å². The number of sulfonamides is 1. The third-order valence-corrected chi connectivity index (χ3v) is 4.77. The van der Waals surface area contributed by atoms with Gasteiger partial charge in [-0.05, 0) is 36.4 Å². The summed E-state index contributed by atoms with van der Waals surface area (Å²) in [5.41, 5.74) is 0.172. The minimum atomic E-state index is -3.92. The lowest BCUT2D eigenvalue weighted by Gasteiger charge is -2.13. The van der Waals surface area contributed by atoms with Crippen LogP contribution >= 0.6 is 34.8 Å². The van der Waals surface area contributed by atoms with Crippen molar-refractivity contribution in [3.05, 3.63) is 51.5 Å². The second-order valence-corrected chi connectivity index (χ2v) is 6.96. The van der Waals surface area contributed by atoms with E-state index in [9.17, 15) is 8.42 Å². The van der Waals surface area contributed by atoms with E-state index in [1.54, 1.807) is 6.07 Å². The van der Waals surface area contributed by atoms with Crippen molar-refractivity contribution in [3.63, 3.8) is 0 Å². The van der Waals surface area contributed by atoms with Crippen molar-refractivity contribution in [2.24, 2.45) is 0 Å². The average molecular weight is 367 g/mol. The van der Waals surface area contributed by atoms with Gasteiger partial charge < -0.3 is 4.74 Å². The molecule has 2 aromatic rings. The Morgan fingerprint density at radius 2 is 1.62 bits per heavy atom. The Morgan fingerprint density at radius 1 is 1.00 bits per heavy atom. The number of halogens is 3. The molecule has 0 atom stereocenters. The van der Waals surface area contributed by atoms with E-state index in [-0.39, 0.29) is 26.4 Å². The molecule has 0 saturated carbocycles. The van der Waals surface area contributed by atoms with Gasteiger partial charge in [-0.1, -0.05) is 34.8 Å². The summed E-state index contributed by atoms with van der Waals surface area (Å²) in [4.78, 5) is -0.0893. The summed E-state index contributed by atoms with van der Waals surface area (Å²) < 4.78 is 32.3. The molecule has 0 unspecified atom stereocenters. The van der Waals surface area contributed by atoms with Crippen molar-refractivity contribution in [2.45, 2.75) is 4.90 Å². The molecule has 0 aliphatic rings. The molecule has 0 bridgehead atoms. The van der Waals surface area contributed by atoms with Gasteiger partial charge in [0.2, 0.25) is 0 Å². The Balaban J connectivity index is 2.48. The SMILES string of the molecule is COc1ccc(Cl)cc1S(=O)(=O)Nc1cc(Cl)ccc1Cl. The molecule has 0 aliphatic carbocycles. The first-order valence-electron chi connectivity index (χ1n) is 5.65. The van der Waals surface area contributed by atoms with Gasteiger partial charge in [0.25, 0.3) is 10.0 Å². The molecule has 0 aromatic heterocycles. The van der Waals surface area contributed by atoms with Crippen LogP contribution in [0.15, 0.2) is 41.3 Å². The Kier molecular flexibility index (Phi) is 4.88. The number of rotatable bonds is 4.